The van der Waals surface area contributed by atoms with E-state index in [9.17, 15) is 4.79 Å². The van der Waals surface area contributed by atoms with Crippen molar-refractivity contribution < 1.29 is 14.3 Å². The van der Waals surface area contributed by atoms with E-state index in [1.165, 1.54) is 0 Å². The Bertz CT molecular complexity index is 789. The molecule has 1 heterocycles. The number of benzene rings is 2. The van der Waals surface area contributed by atoms with Crippen molar-refractivity contribution in [1.29, 1.82) is 0 Å². The zero-order chi connectivity index (χ0) is 19.2. The summed E-state index contributed by atoms with van der Waals surface area (Å²) in [6.45, 7) is 3.92. The molecule has 2 aromatic rings. The number of hydrogen-bond donors (Lipinski definition) is 0. The summed E-state index contributed by atoms with van der Waals surface area (Å²) in [6, 6.07) is 13.0. The Morgan fingerprint density at radius 1 is 1.07 bits per heavy atom. The Hall–Kier alpha value is -1.91. The van der Waals surface area contributed by atoms with E-state index in [0.29, 0.717) is 36.2 Å². The third-order valence-corrected chi connectivity index (χ3v) is 5.32. The fraction of sp³-hybridized carbons (Fsp3) is 0.381. The van der Waals surface area contributed by atoms with Crippen molar-refractivity contribution in [3.8, 4) is 11.5 Å². The van der Waals surface area contributed by atoms with E-state index in [2.05, 4.69) is 0 Å². The van der Waals surface area contributed by atoms with Crippen molar-refractivity contribution in [2.75, 3.05) is 19.7 Å². The zero-order valence-corrected chi connectivity index (χ0v) is 16.8. The van der Waals surface area contributed by atoms with Gasteiger partial charge in [0.05, 0.1) is 23.1 Å². The van der Waals surface area contributed by atoms with Crippen molar-refractivity contribution in [1.82, 2.24) is 4.90 Å². The Balaban J connectivity index is 1.52. The molecule has 0 aromatic heterocycles. The van der Waals surface area contributed by atoms with E-state index in [1.807, 2.05) is 42.2 Å². The lowest BCUT2D eigenvalue weighted by molar-refractivity contribution is -0.132. The molecule has 1 fully saturated rings. The first-order valence-electron chi connectivity index (χ1n) is 9.17. The van der Waals surface area contributed by atoms with E-state index in [0.717, 1.165) is 29.9 Å². The van der Waals surface area contributed by atoms with Crippen LogP contribution in [0.3, 0.4) is 0 Å². The van der Waals surface area contributed by atoms with Crippen molar-refractivity contribution in [3.63, 3.8) is 0 Å². The molecule has 6 heteroatoms. The zero-order valence-electron chi connectivity index (χ0n) is 15.3. The molecule has 1 aliphatic rings. The predicted octanol–water partition coefficient (Wildman–Crippen LogP) is 5.00. The molecular formula is C21H23Cl2NO3. The average molecular weight is 408 g/mol. The number of halogens is 2. The fourth-order valence-corrected chi connectivity index (χ4v) is 3.48. The van der Waals surface area contributed by atoms with Gasteiger partial charge in [0.15, 0.2) is 11.5 Å². The highest BCUT2D eigenvalue weighted by Gasteiger charge is 2.24. The number of likely N-dealkylation sites (tertiary alicyclic amines) is 1. The highest BCUT2D eigenvalue weighted by Crippen LogP contribution is 2.29. The van der Waals surface area contributed by atoms with E-state index in [4.69, 9.17) is 32.7 Å². The minimum atomic E-state index is 0.0839. The van der Waals surface area contributed by atoms with Crippen LogP contribution in [0, 0.1) is 0 Å². The van der Waals surface area contributed by atoms with Crippen LogP contribution in [0.1, 0.15) is 25.3 Å². The van der Waals surface area contributed by atoms with Crippen LogP contribution in [0.25, 0.3) is 0 Å². The lowest BCUT2D eigenvalue weighted by Gasteiger charge is -2.32. The topological polar surface area (TPSA) is 38.8 Å². The van der Waals surface area contributed by atoms with Gasteiger partial charge in [0.2, 0.25) is 5.91 Å². The SMILES string of the molecule is CCOc1ccccc1OC1CCN(C(=O)Cc2ccc(Cl)c(Cl)c2)CC1. The van der Waals surface area contributed by atoms with Gasteiger partial charge < -0.3 is 14.4 Å². The number of carbonyl (C=O) groups excluding carboxylic acids is 1. The average Bonchev–Trinajstić information content (AvgIpc) is 2.67. The van der Waals surface area contributed by atoms with Gasteiger partial charge in [-0.15, -0.1) is 0 Å². The molecule has 27 heavy (non-hydrogen) atoms. The maximum absolute atomic E-state index is 12.6. The third-order valence-electron chi connectivity index (χ3n) is 4.58. The van der Waals surface area contributed by atoms with Crippen LogP contribution in [0.2, 0.25) is 10.0 Å². The van der Waals surface area contributed by atoms with Crippen LogP contribution in [0.5, 0.6) is 11.5 Å². The van der Waals surface area contributed by atoms with Gasteiger partial charge in [-0.05, 0) is 36.8 Å². The molecule has 2 aromatic carbocycles. The van der Waals surface area contributed by atoms with E-state index < -0.39 is 0 Å². The molecule has 0 atom stereocenters. The first kappa shape index (κ1) is 19.8. The molecule has 0 saturated carbocycles. The number of ether oxygens (including phenoxy) is 2. The number of carbonyl (C=O) groups is 1. The molecule has 0 radical (unpaired) electrons. The van der Waals surface area contributed by atoms with Gasteiger partial charge in [-0.2, -0.15) is 0 Å². The quantitative estimate of drug-likeness (QED) is 0.675. The highest BCUT2D eigenvalue weighted by molar-refractivity contribution is 6.42. The van der Waals surface area contributed by atoms with Crippen LogP contribution in [-0.4, -0.2) is 36.6 Å². The Labute approximate surface area is 170 Å². The van der Waals surface area contributed by atoms with Crippen molar-refractivity contribution in [2.45, 2.75) is 32.3 Å². The van der Waals surface area contributed by atoms with E-state index >= 15 is 0 Å². The van der Waals surface area contributed by atoms with Gasteiger partial charge >= 0.3 is 0 Å². The predicted molar refractivity (Wildman–Crippen MR) is 108 cm³/mol. The molecule has 0 spiro atoms. The monoisotopic (exact) mass is 407 g/mol. The number of para-hydroxylation sites is 2. The summed E-state index contributed by atoms with van der Waals surface area (Å²) in [6.07, 6.45) is 2.01. The number of piperidine rings is 1. The summed E-state index contributed by atoms with van der Waals surface area (Å²) in [5.74, 6) is 1.62. The van der Waals surface area contributed by atoms with Gasteiger partial charge in [0, 0.05) is 25.9 Å². The van der Waals surface area contributed by atoms with Gasteiger partial charge in [0.25, 0.3) is 0 Å². The van der Waals surface area contributed by atoms with Crippen molar-refractivity contribution in [3.05, 3.63) is 58.1 Å². The van der Waals surface area contributed by atoms with Gasteiger partial charge in [0.1, 0.15) is 6.10 Å². The number of amides is 1. The molecule has 0 unspecified atom stereocenters. The number of hydrogen-bond acceptors (Lipinski definition) is 3. The molecule has 0 bridgehead atoms. The maximum Gasteiger partial charge on any atom is 0.226 e. The number of nitrogens with zero attached hydrogens (tertiary/aromatic N) is 1. The van der Waals surface area contributed by atoms with Crippen LogP contribution >= 0.6 is 23.2 Å². The Morgan fingerprint density at radius 3 is 2.44 bits per heavy atom. The van der Waals surface area contributed by atoms with Crippen LogP contribution < -0.4 is 9.47 Å². The first-order valence-corrected chi connectivity index (χ1v) is 9.92. The second-order valence-electron chi connectivity index (χ2n) is 6.50. The molecule has 0 aliphatic carbocycles. The molecule has 0 N–H and O–H groups in total. The van der Waals surface area contributed by atoms with Gasteiger partial charge in [-0.3, -0.25) is 4.79 Å². The second kappa shape index (κ2) is 9.34. The Kier molecular flexibility index (Phi) is 6.86. The second-order valence-corrected chi connectivity index (χ2v) is 7.32. The number of rotatable bonds is 6. The standard InChI is InChI=1S/C21H23Cl2NO3/c1-2-26-19-5-3-4-6-20(19)27-16-9-11-24(12-10-16)21(25)14-15-7-8-17(22)18(23)13-15/h3-8,13,16H,2,9-12,14H2,1H3. The molecular weight excluding hydrogens is 385 g/mol. The first-order chi connectivity index (χ1) is 13.1. The van der Waals surface area contributed by atoms with Gasteiger partial charge in [-0.1, -0.05) is 41.4 Å². The minimum absolute atomic E-state index is 0.0839. The summed E-state index contributed by atoms with van der Waals surface area (Å²) in [4.78, 5) is 14.4. The van der Waals surface area contributed by atoms with E-state index in [-0.39, 0.29) is 12.0 Å². The van der Waals surface area contributed by atoms with Crippen molar-refractivity contribution >= 4 is 29.1 Å². The van der Waals surface area contributed by atoms with Crippen LogP contribution in [0.4, 0.5) is 0 Å². The Morgan fingerprint density at radius 2 is 1.78 bits per heavy atom. The molecule has 1 amide bonds. The summed E-state index contributed by atoms with van der Waals surface area (Å²) in [5.41, 5.74) is 0.874. The summed E-state index contributed by atoms with van der Waals surface area (Å²) in [5, 5.41) is 0.972. The molecule has 4 nitrogen and oxygen atoms in total. The molecule has 1 aliphatic heterocycles. The van der Waals surface area contributed by atoms with Gasteiger partial charge in [-0.25, -0.2) is 0 Å². The third kappa shape index (κ3) is 5.30. The van der Waals surface area contributed by atoms with Crippen LogP contribution in [-0.2, 0) is 11.2 Å². The maximum atomic E-state index is 12.6. The molecule has 144 valence electrons. The fourth-order valence-electron chi connectivity index (χ4n) is 3.16. The summed E-state index contributed by atoms with van der Waals surface area (Å²) < 4.78 is 11.7. The highest BCUT2D eigenvalue weighted by atomic mass is 35.5. The van der Waals surface area contributed by atoms with Crippen molar-refractivity contribution in [2.24, 2.45) is 0 Å². The van der Waals surface area contributed by atoms with Crippen LogP contribution in [0.15, 0.2) is 42.5 Å². The summed E-state index contributed by atoms with van der Waals surface area (Å²) >= 11 is 12.0. The molecule has 3 rings (SSSR count). The molecule has 1 saturated heterocycles. The lowest BCUT2D eigenvalue weighted by Crippen LogP contribution is -2.42. The normalized spacial score (nSPS) is 14.9. The lowest BCUT2D eigenvalue weighted by atomic mass is 10.1. The largest absolute Gasteiger partial charge is 0.490 e. The summed E-state index contributed by atoms with van der Waals surface area (Å²) in [7, 11) is 0. The minimum Gasteiger partial charge on any atom is -0.490 e. The van der Waals surface area contributed by atoms with E-state index in [1.54, 1.807) is 12.1 Å². The smallest absolute Gasteiger partial charge is 0.226 e.